The minimum atomic E-state index is 0.609. The van der Waals surface area contributed by atoms with Crippen molar-refractivity contribution in [3.63, 3.8) is 0 Å². The van der Waals surface area contributed by atoms with Crippen molar-refractivity contribution >= 4 is 0 Å². The molecule has 1 aromatic heterocycles. The Labute approximate surface area is 94.2 Å². The summed E-state index contributed by atoms with van der Waals surface area (Å²) in [4.78, 5) is 7.26. The van der Waals surface area contributed by atoms with Crippen molar-refractivity contribution < 1.29 is 9.47 Å². The van der Waals surface area contributed by atoms with Gasteiger partial charge in [-0.25, -0.2) is 4.98 Å². The SMILES string of the molecule is CCOc1cccc(-c2ncc[nH]2)c1OC. The summed E-state index contributed by atoms with van der Waals surface area (Å²) in [6.45, 7) is 2.55. The summed E-state index contributed by atoms with van der Waals surface area (Å²) < 4.78 is 10.9. The van der Waals surface area contributed by atoms with E-state index in [1.807, 2.05) is 25.1 Å². The van der Waals surface area contributed by atoms with Crippen LogP contribution in [0.1, 0.15) is 6.92 Å². The second kappa shape index (κ2) is 4.70. The summed E-state index contributed by atoms with van der Waals surface area (Å²) in [5.41, 5.74) is 0.901. The average molecular weight is 218 g/mol. The third kappa shape index (κ3) is 1.86. The van der Waals surface area contributed by atoms with Crippen molar-refractivity contribution in [2.45, 2.75) is 6.92 Å². The maximum atomic E-state index is 5.50. The molecule has 0 saturated heterocycles. The second-order valence-electron chi connectivity index (χ2n) is 3.21. The molecular formula is C12H14N2O2. The summed E-state index contributed by atoms with van der Waals surface area (Å²) in [7, 11) is 1.63. The van der Waals surface area contributed by atoms with Crippen LogP contribution >= 0.6 is 0 Å². The highest BCUT2D eigenvalue weighted by Crippen LogP contribution is 2.36. The summed E-state index contributed by atoms with van der Waals surface area (Å²) in [6, 6.07) is 5.75. The van der Waals surface area contributed by atoms with E-state index in [1.165, 1.54) is 0 Å². The first-order valence-corrected chi connectivity index (χ1v) is 5.16. The van der Waals surface area contributed by atoms with Gasteiger partial charge in [-0.2, -0.15) is 0 Å². The van der Waals surface area contributed by atoms with Gasteiger partial charge in [0, 0.05) is 12.4 Å². The molecule has 0 aliphatic rings. The van der Waals surface area contributed by atoms with Gasteiger partial charge in [-0.05, 0) is 19.1 Å². The zero-order chi connectivity index (χ0) is 11.4. The van der Waals surface area contributed by atoms with Crippen LogP contribution in [-0.4, -0.2) is 23.7 Å². The quantitative estimate of drug-likeness (QED) is 0.857. The minimum Gasteiger partial charge on any atom is -0.492 e. The molecule has 1 N–H and O–H groups in total. The van der Waals surface area contributed by atoms with Crippen LogP contribution in [0.5, 0.6) is 11.5 Å². The van der Waals surface area contributed by atoms with E-state index in [9.17, 15) is 0 Å². The third-order valence-electron chi connectivity index (χ3n) is 2.24. The maximum Gasteiger partial charge on any atom is 0.171 e. The van der Waals surface area contributed by atoms with Gasteiger partial charge in [-0.15, -0.1) is 0 Å². The summed E-state index contributed by atoms with van der Waals surface area (Å²) in [6.07, 6.45) is 3.49. The Kier molecular flexibility index (Phi) is 3.10. The number of imidazole rings is 1. The van der Waals surface area contributed by atoms with Gasteiger partial charge < -0.3 is 14.5 Å². The van der Waals surface area contributed by atoms with E-state index >= 15 is 0 Å². The standard InChI is InChI=1S/C12H14N2O2/c1-3-16-10-6-4-5-9(11(10)15-2)12-13-7-8-14-12/h4-8H,3H2,1-2H3,(H,13,14). The molecule has 0 spiro atoms. The molecule has 0 saturated carbocycles. The molecule has 2 aromatic rings. The van der Waals surface area contributed by atoms with Crippen LogP contribution in [0.15, 0.2) is 30.6 Å². The van der Waals surface area contributed by atoms with Crippen molar-refractivity contribution in [1.29, 1.82) is 0 Å². The van der Waals surface area contributed by atoms with Crippen LogP contribution in [-0.2, 0) is 0 Å². The van der Waals surface area contributed by atoms with E-state index in [1.54, 1.807) is 19.5 Å². The molecule has 84 valence electrons. The molecule has 0 aliphatic heterocycles. The normalized spacial score (nSPS) is 10.1. The molecule has 1 aromatic carbocycles. The van der Waals surface area contributed by atoms with Gasteiger partial charge in [0.1, 0.15) is 5.82 Å². The lowest BCUT2D eigenvalue weighted by atomic mass is 10.1. The highest BCUT2D eigenvalue weighted by molar-refractivity contribution is 5.68. The highest BCUT2D eigenvalue weighted by Gasteiger charge is 2.12. The number of hydrogen-bond donors (Lipinski definition) is 1. The fourth-order valence-electron chi connectivity index (χ4n) is 1.59. The second-order valence-corrected chi connectivity index (χ2v) is 3.21. The zero-order valence-electron chi connectivity index (χ0n) is 9.36. The fourth-order valence-corrected chi connectivity index (χ4v) is 1.59. The fraction of sp³-hybridized carbons (Fsp3) is 0.250. The molecule has 4 nitrogen and oxygen atoms in total. The third-order valence-corrected chi connectivity index (χ3v) is 2.24. The number of H-pyrrole nitrogens is 1. The van der Waals surface area contributed by atoms with Crippen molar-refractivity contribution in [3.8, 4) is 22.9 Å². The van der Waals surface area contributed by atoms with Crippen LogP contribution in [0, 0.1) is 0 Å². The van der Waals surface area contributed by atoms with E-state index in [4.69, 9.17) is 9.47 Å². The largest absolute Gasteiger partial charge is 0.492 e. The first-order chi connectivity index (χ1) is 7.86. The predicted octanol–water partition coefficient (Wildman–Crippen LogP) is 2.48. The van der Waals surface area contributed by atoms with Crippen LogP contribution in [0.3, 0.4) is 0 Å². The summed E-state index contributed by atoms with van der Waals surface area (Å²) in [5, 5.41) is 0. The Hall–Kier alpha value is -1.97. The zero-order valence-corrected chi connectivity index (χ0v) is 9.36. The molecule has 0 unspecified atom stereocenters. The molecule has 1 heterocycles. The summed E-state index contributed by atoms with van der Waals surface area (Å²) in [5.74, 6) is 2.22. The number of aromatic nitrogens is 2. The number of benzene rings is 1. The first kappa shape index (κ1) is 10.5. The Morgan fingerprint density at radius 1 is 1.38 bits per heavy atom. The van der Waals surface area contributed by atoms with E-state index in [-0.39, 0.29) is 0 Å². The van der Waals surface area contributed by atoms with Gasteiger partial charge in [0.2, 0.25) is 0 Å². The smallest absolute Gasteiger partial charge is 0.171 e. The van der Waals surface area contributed by atoms with Gasteiger partial charge in [-0.1, -0.05) is 6.07 Å². The van der Waals surface area contributed by atoms with E-state index in [2.05, 4.69) is 9.97 Å². The highest BCUT2D eigenvalue weighted by atomic mass is 16.5. The number of aromatic amines is 1. The van der Waals surface area contributed by atoms with Crippen LogP contribution in [0.2, 0.25) is 0 Å². The lowest BCUT2D eigenvalue weighted by Crippen LogP contribution is -1.97. The molecule has 2 rings (SSSR count). The van der Waals surface area contributed by atoms with E-state index in [0.717, 1.165) is 17.1 Å². The van der Waals surface area contributed by atoms with Crippen LogP contribution in [0.25, 0.3) is 11.4 Å². The van der Waals surface area contributed by atoms with Gasteiger partial charge >= 0.3 is 0 Å². The van der Waals surface area contributed by atoms with Crippen LogP contribution < -0.4 is 9.47 Å². The predicted molar refractivity (Wildman–Crippen MR) is 61.7 cm³/mol. The number of nitrogens with zero attached hydrogens (tertiary/aromatic N) is 1. The van der Waals surface area contributed by atoms with Crippen LogP contribution in [0.4, 0.5) is 0 Å². The molecule has 0 radical (unpaired) electrons. The number of ether oxygens (including phenoxy) is 2. The number of para-hydroxylation sites is 1. The van der Waals surface area contributed by atoms with Crippen molar-refractivity contribution in [3.05, 3.63) is 30.6 Å². The van der Waals surface area contributed by atoms with Gasteiger partial charge in [0.15, 0.2) is 11.5 Å². The molecule has 4 heteroatoms. The minimum absolute atomic E-state index is 0.609. The Balaban J connectivity index is 2.49. The van der Waals surface area contributed by atoms with Crippen molar-refractivity contribution in [2.75, 3.05) is 13.7 Å². The number of rotatable bonds is 4. The van der Waals surface area contributed by atoms with E-state index < -0.39 is 0 Å². The van der Waals surface area contributed by atoms with Crippen molar-refractivity contribution in [2.24, 2.45) is 0 Å². The van der Waals surface area contributed by atoms with Gasteiger partial charge in [0.25, 0.3) is 0 Å². The number of nitrogens with one attached hydrogen (secondary N) is 1. The first-order valence-electron chi connectivity index (χ1n) is 5.16. The lowest BCUT2D eigenvalue weighted by molar-refractivity contribution is 0.311. The monoisotopic (exact) mass is 218 g/mol. The molecule has 16 heavy (non-hydrogen) atoms. The number of hydrogen-bond acceptors (Lipinski definition) is 3. The van der Waals surface area contributed by atoms with E-state index in [0.29, 0.717) is 12.4 Å². The average Bonchev–Trinajstić information content (AvgIpc) is 2.82. The maximum absolute atomic E-state index is 5.50. The molecular weight excluding hydrogens is 204 g/mol. The van der Waals surface area contributed by atoms with Crippen molar-refractivity contribution in [1.82, 2.24) is 9.97 Å². The Morgan fingerprint density at radius 3 is 2.88 bits per heavy atom. The Morgan fingerprint density at radius 2 is 2.25 bits per heavy atom. The molecule has 0 bridgehead atoms. The molecule has 0 amide bonds. The number of methoxy groups -OCH3 is 1. The van der Waals surface area contributed by atoms with Gasteiger partial charge in [-0.3, -0.25) is 0 Å². The Bertz CT molecular complexity index is 452. The topological polar surface area (TPSA) is 47.1 Å². The van der Waals surface area contributed by atoms with Gasteiger partial charge in [0.05, 0.1) is 19.3 Å². The molecule has 0 atom stereocenters. The summed E-state index contributed by atoms with van der Waals surface area (Å²) >= 11 is 0. The molecule has 0 aliphatic carbocycles. The lowest BCUT2D eigenvalue weighted by Gasteiger charge is -2.12. The molecule has 0 fully saturated rings.